The van der Waals surface area contributed by atoms with Crippen LogP contribution in [0, 0.1) is 13.8 Å². The number of aromatic nitrogens is 1. The Hall–Kier alpha value is -2.63. The molecule has 6 nitrogen and oxygen atoms in total. The molecule has 1 atom stereocenters. The minimum atomic E-state index is -0.128. The number of benzene rings is 1. The van der Waals surface area contributed by atoms with Gasteiger partial charge in [-0.2, -0.15) is 0 Å². The fraction of sp³-hybridized carbons (Fsp3) is 0.421. The Morgan fingerprint density at radius 3 is 2.76 bits per heavy atom. The summed E-state index contributed by atoms with van der Waals surface area (Å²) >= 11 is 0. The van der Waals surface area contributed by atoms with Crippen LogP contribution in [0.2, 0.25) is 0 Å². The maximum Gasteiger partial charge on any atom is 0.224 e. The van der Waals surface area contributed by atoms with E-state index in [1.54, 1.807) is 6.92 Å². The highest BCUT2D eigenvalue weighted by Gasteiger charge is 2.30. The van der Waals surface area contributed by atoms with E-state index < -0.39 is 0 Å². The van der Waals surface area contributed by atoms with Crippen LogP contribution in [0.3, 0.4) is 0 Å². The van der Waals surface area contributed by atoms with Crippen LogP contribution in [0.1, 0.15) is 29.0 Å². The number of likely N-dealkylation sites (tertiary alicyclic amines) is 1. The Kier molecular flexibility index (Phi) is 5.16. The van der Waals surface area contributed by atoms with Crippen LogP contribution in [0.15, 0.2) is 34.9 Å². The number of hydrogen-bond donors (Lipinski definition) is 1. The largest absolute Gasteiger partial charge is 0.361 e. The molecule has 1 aromatic heterocycles. The third kappa shape index (κ3) is 4.26. The molecule has 3 rings (SSSR count). The Bertz CT molecular complexity index is 735. The number of nitrogens with one attached hydrogen (secondary N) is 1. The summed E-state index contributed by atoms with van der Waals surface area (Å²) in [6, 6.07) is 9.97. The summed E-state index contributed by atoms with van der Waals surface area (Å²) in [6.45, 7) is 4.87. The molecule has 1 aliphatic rings. The van der Waals surface area contributed by atoms with Gasteiger partial charge in [0, 0.05) is 25.1 Å². The maximum absolute atomic E-state index is 12.3. The second kappa shape index (κ2) is 7.51. The number of carbonyl (C=O) groups excluding carboxylic acids is 2. The first-order valence-corrected chi connectivity index (χ1v) is 8.55. The van der Waals surface area contributed by atoms with Gasteiger partial charge >= 0.3 is 0 Å². The first kappa shape index (κ1) is 17.2. The summed E-state index contributed by atoms with van der Waals surface area (Å²) in [5, 5.41) is 6.82. The number of aryl methyl sites for hydroxylation is 2. The van der Waals surface area contributed by atoms with Gasteiger partial charge in [-0.15, -0.1) is 0 Å². The molecule has 2 aromatic rings. The molecule has 6 heteroatoms. The quantitative estimate of drug-likeness (QED) is 0.869. The zero-order valence-corrected chi connectivity index (χ0v) is 14.6. The predicted molar refractivity (Wildman–Crippen MR) is 93.0 cm³/mol. The first-order chi connectivity index (χ1) is 12.0. The minimum absolute atomic E-state index is 0.0959. The average Bonchev–Trinajstić information content (AvgIpc) is 3.10. The van der Waals surface area contributed by atoms with Crippen molar-refractivity contribution in [2.24, 2.45) is 0 Å². The molecule has 1 N–H and O–H groups in total. The van der Waals surface area contributed by atoms with Crippen molar-refractivity contribution in [1.82, 2.24) is 15.4 Å². The molecule has 0 spiro atoms. The number of amides is 2. The van der Waals surface area contributed by atoms with Crippen molar-refractivity contribution < 1.29 is 14.1 Å². The van der Waals surface area contributed by atoms with Crippen LogP contribution in [0.5, 0.6) is 0 Å². The van der Waals surface area contributed by atoms with E-state index in [1.165, 1.54) is 5.56 Å². The first-order valence-electron chi connectivity index (χ1n) is 8.55. The molecule has 2 amide bonds. The zero-order valence-electron chi connectivity index (χ0n) is 14.6. The number of carbonyl (C=O) groups is 2. The van der Waals surface area contributed by atoms with Gasteiger partial charge in [0.2, 0.25) is 11.8 Å². The molecule has 2 heterocycles. The summed E-state index contributed by atoms with van der Waals surface area (Å²) in [5.74, 6) is 0.662. The number of nitrogens with zero attached hydrogens (tertiary/aromatic N) is 2. The van der Waals surface area contributed by atoms with Gasteiger partial charge in [-0.1, -0.05) is 35.5 Å². The summed E-state index contributed by atoms with van der Waals surface area (Å²) in [5.41, 5.74) is 2.77. The van der Waals surface area contributed by atoms with E-state index >= 15 is 0 Å². The lowest BCUT2D eigenvalue weighted by molar-refractivity contribution is -0.127. The van der Waals surface area contributed by atoms with Gasteiger partial charge in [-0.25, -0.2) is 0 Å². The van der Waals surface area contributed by atoms with Gasteiger partial charge in [-0.05, 0) is 25.8 Å². The predicted octanol–water partition coefficient (Wildman–Crippen LogP) is 1.79. The van der Waals surface area contributed by atoms with Gasteiger partial charge in [-0.3, -0.25) is 9.59 Å². The van der Waals surface area contributed by atoms with Crippen molar-refractivity contribution in [3.05, 3.63) is 52.9 Å². The van der Waals surface area contributed by atoms with Crippen molar-refractivity contribution in [2.45, 2.75) is 39.2 Å². The molecule has 0 radical (unpaired) electrons. The van der Waals surface area contributed by atoms with Crippen LogP contribution in [-0.4, -0.2) is 41.0 Å². The van der Waals surface area contributed by atoms with Crippen LogP contribution in [-0.2, 0) is 22.4 Å². The fourth-order valence-corrected chi connectivity index (χ4v) is 3.19. The lowest BCUT2D eigenvalue weighted by Crippen LogP contribution is -2.38. The molecule has 1 aliphatic heterocycles. The van der Waals surface area contributed by atoms with Crippen LogP contribution < -0.4 is 5.32 Å². The molecule has 25 heavy (non-hydrogen) atoms. The lowest BCUT2D eigenvalue weighted by Gasteiger charge is -2.17. The normalized spacial score (nSPS) is 17.1. The summed E-state index contributed by atoms with van der Waals surface area (Å²) in [7, 11) is 0. The van der Waals surface area contributed by atoms with Gasteiger partial charge in [0.1, 0.15) is 5.76 Å². The van der Waals surface area contributed by atoms with E-state index in [-0.39, 0.29) is 24.3 Å². The third-order valence-corrected chi connectivity index (χ3v) is 4.61. The Balaban J connectivity index is 1.49. The highest BCUT2D eigenvalue weighted by Crippen LogP contribution is 2.15. The van der Waals surface area contributed by atoms with Gasteiger partial charge < -0.3 is 14.7 Å². The van der Waals surface area contributed by atoms with Gasteiger partial charge in [0.25, 0.3) is 0 Å². The van der Waals surface area contributed by atoms with Crippen molar-refractivity contribution in [2.75, 3.05) is 13.1 Å². The monoisotopic (exact) mass is 341 g/mol. The molecule has 0 unspecified atom stereocenters. The molecule has 132 valence electrons. The van der Waals surface area contributed by atoms with Gasteiger partial charge in [0.15, 0.2) is 0 Å². The molecule has 1 saturated heterocycles. The Morgan fingerprint density at radius 1 is 1.32 bits per heavy atom. The topological polar surface area (TPSA) is 75.4 Å². The number of hydrogen-bond acceptors (Lipinski definition) is 4. The molecular weight excluding hydrogens is 318 g/mol. The summed E-state index contributed by atoms with van der Waals surface area (Å²) in [6.07, 6.45) is 1.42. The van der Waals surface area contributed by atoms with E-state index in [1.807, 2.05) is 30.0 Å². The Labute approximate surface area is 147 Å². The van der Waals surface area contributed by atoms with E-state index in [0.717, 1.165) is 17.7 Å². The van der Waals surface area contributed by atoms with E-state index in [4.69, 9.17) is 4.52 Å². The Morgan fingerprint density at radius 2 is 2.08 bits per heavy atom. The summed E-state index contributed by atoms with van der Waals surface area (Å²) < 4.78 is 5.08. The molecular formula is C19H23N3O3. The lowest BCUT2D eigenvalue weighted by atomic mass is 10.1. The zero-order chi connectivity index (χ0) is 17.8. The van der Waals surface area contributed by atoms with Crippen molar-refractivity contribution >= 4 is 11.8 Å². The van der Waals surface area contributed by atoms with Gasteiger partial charge in [0.05, 0.1) is 18.2 Å². The summed E-state index contributed by atoms with van der Waals surface area (Å²) in [4.78, 5) is 26.2. The van der Waals surface area contributed by atoms with Crippen LogP contribution in [0.25, 0.3) is 0 Å². The van der Waals surface area contributed by atoms with Crippen molar-refractivity contribution in [3.8, 4) is 0 Å². The smallest absolute Gasteiger partial charge is 0.224 e. The highest BCUT2D eigenvalue weighted by atomic mass is 16.5. The maximum atomic E-state index is 12.3. The average molecular weight is 341 g/mol. The second-order valence-corrected chi connectivity index (χ2v) is 6.52. The number of rotatable bonds is 6. The standard InChI is InChI=1S/C19H23N3O3/c1-13-17(14(2)25-21-13)11-18(23)20-16-10-19(24)22(12-16)9-8-15-6-4-3-5-7-15/h3-7,16H,8-12H2,1-2H3,(H,20,23)/t16-/m0/s1. The highest BCUT2D eigenvalue weighted by molar-refractivity contribution is 5.83. The van der Waals surface area contributed by atoms with Crippen LogP contribution in [0.4, 0.5) is 0 Å². The molecule has 0 aliphatic carbocycles. The van der Waals surface area contributed by atoms with Crippen LogP contribution >= 0.6 is 0 Å². The molecule has 0 saturated carbocycles. The molecule has 1 fully saturated rings. The third-order valence-electron chi connectivity index (χ3n) is 4.61. The molecule has 0 bridgehead atoms. The van der Waals surface area contributed by atoms with E-state index in [9.17, 15) is 9.59 Å². The van der Waals surface area contributed by atoms with Crippen molar-refractivity contribution in [3.63, 3.8) is 0 Å². The second-order valence-electron chi connectivity index (χ2n) is 6.52. The minimum Gasteiger partial charge on any atom is -0.361 e. The van der Waals surface area contributed by atoms with E-state index in [0.29, 0.717) is 25.3 Å². The molecule has 1 aromatic carbocycles. The SMILES string of the molecule is Cc1noc(C)c1CC(=O)N[C@H]1CC(=O)N(CCc2ccccc2)C1. The fourth-order valence-electron chi connectivity index (χ4n) is 3.19. The van der Waals surface area contributed by atoms with Crippen molar-refractivity contribution in [1.29, 1.82) is 0 Å². The van der Waals surface area contributed by atoms with E-state index in [2.05, 4.69) is 22.6 Å².